The molecule has 1 aliphatic rings. The number of amides is 1. The first kappa shape index (κ1) is 15.2. The first-order valence-corrected chi connectivity index (χ1v) is 8.22. The average molecular weight is 276 g/mol. The van der Waals surface area contributed by atoms with Gasteiger partial charge in [-0.05, 0) is 27.7 Å². The van der Waals surface area contributed by atoms with E-state index >= 15 is 0 Å². The lowest BCUT2D eigenvalue weighted by Gasteiger charge is -2.37. The maximum Gasteiger partial charge on any atom is 0.227 e. The van der Waals surface area contributed by atoms with E-state index in [-0.39, 0.29) is 5.91 Å². The summed E-state index contributed by atoms with van der Waals surface area (Å²) in [6.45, 7) is 8.38. The van der Waals surface area contributed by atoms with Gasteiger partial charge in [0.25, 0.3) is 0 Å². The predicted molar refractivity (Wildman–Crippen MR) is 78.6 cm³/mol. The highest BCUT2D eigenvalue weighted by atomic mass is 32.2. The first-order valence-electron chi connectivity index (χ1n) is 6.01. The number of thioether (sulfide) groups is 2. The molecular formula is C12H24N2OS2. The molecule has 0 radical (unpaired) electrons. The molecule has 0 aromatic rings. The lowest BCUT2D eigenvalue weighted by atomic mass is 9.74. The second-order valence-electron chi connectivity index (χ2n) is 5.62. The van der Waals surface area contributed by atoms with Crippen LogP contribution in [0.2, 0.25) is 0 Å². The predicted octanol–water partition coefficient (Wildman–Crippen LogP) is 1.71. The molecule has 3 N–H and O–H groups in total. The zero-order valence-corrected chi connectivity index (χ0v) is 12.8. The van der Waals surface area contributed by atoms with Gasteiger partial charge in [-0.3, -0.25) is 4.79 Å². The molecule has 0 bridgehead atoms. The highest BCUT2D eigenvalue weighted by Gasteiger charge is 2.40. The van der Waals surface area contributed by atoms with Crippen LogP contribution in [0.3, 0.4) is 0 Å². The molecule has 17 heavy (non-hydrogen) atoms. The summed E-state index contributed by atoms with van der Waals surface area (Å²) in [6, 6.07) is 0. The standard InChI is InChI=1S/C12H24N2OS2/c1-11(2,12(3,4)13)10(15)14-7-9-8-16-5-6-17-9/h9H,5-8,13H2,1-4H3,(H,14,15). The van der Waals surface area contributed by atoms with E-state index in [1.807, 2.05) is 51.2 Å². The number of nitrogens with one attached hydrogen (secondary N) is 1. The minimum atomic E-state index is -0.542. The number of hydrogen-bond acceptors (Lipinski definition) is 4. The smallest absolute Gasteiger partial charge is 0.227 e. The molecule has 1 saturated heterocycles. The summed E-state index contributed by atoms with van der Waals surface area (Å²) in [5.74, 6) is 3.62. The normalized spacial score (nSPS) is 22.3. The van der Waals surface area contributed by atoms with Crippen molar-refractivity contribution >= 4 is 29.4 Å². The fraction of sp³-hybridized carbons (Fsp3) is 0.917. The Labute approximate surface area is 113 Å². The van der Waals surface area contributed by atoms with Crippen molar-refractivity contribution < 1.29 is 4.79 Å². The molecule has 1 amide bonds. The van der Waals surface area contributed by atoms with Crippen molar-refractivity contribution in [1.82, 2.24) is 5.32 Å². The van der Waals surface area contributed by atoms with Gasteiger partial charge in [0.15, 0.2) is 0 Å². The lowest BCUT2D eigenvalue weighted by molar-refractivity contribution is -0.132. The molecule has 0 aromatic heterocycles. The Hall–Kier alpha value is 0.130. The molecule has 0 saturated carbocycles. The summed E-state index contributed by atoms with van der Waals surface area (Å²) in [4.78, 5) is 12.1. The number of carbonyl (C=O) groups is 1. The highest BCUT2D eigenvalue weighted by molar-refractivity contribution is 8.06. The molecule has 1 fully saturated rings. The van der Waals surface area contributed by atoms with Crippen LogP contribution in [0.4, 0.5) is 0 Å². The Kier molecular flexibility index (Phi) is 5.22. The molecular weight excluding hydrogens is 252 g/mol. The van der Waals surface area contributed by atoms with Crippen LogP contribution in [0.15, 0.2) is 0 Å². The first-order chi connectivity index (χ1) is 7.75. The van der Waals surface area contributed by atoms with Crippen LogP contribution in [0.5, 0.6) is 0 Å². The van der Waals surface area contributed by atoms with Crippen molar-refractivity contribution in [2.45, 2.75) is 38.5 Å². The van der Waals surface area contributed by atoms with Crippen LogP contribution in [0, 0.1) is 5.41 Å². The molecule has 0 aromatic carbocycles. The maximum absolute atomic E-state index is 12.1. The minimum Gasteiger partial charge on any atom is -0.354 e. The number of carbonyl (C=O) groups excluding carboxylic acids is 1. The van der Waals surface area contributed by atoms with E-state index in [9.17, 15) is 4.79 Å². The molecule has 3 nitrogen and oxygen atoms in total. The zero-order valence-electron chi connectivity index (χ0n) is 11.2. The molecule has 100 valence electrons. The molecule has 0 spiro atoms. The third kappa shape index (κ3) is 4.07. The molecule has 1 rings (SSSR count). The van der Waals surface area contributed by atoms with Gasteiger partial charge in [0.1, 0.15) is 0 Å². The van der Waals surface area contributed by atoms with Crippen molar-refractivity contribution in [3.63, 3.8) is 0 Å². The van der Waals surface area contributed by atoms with Gasteiger partial charge in [-0.2, -0.15) is 23.5 Å². The van der Waals surface area contributed by atoms with Crippen molar-refractivity contribution in [1.29, 1.82) is 0 Å². The maximum atomic E-state index is 12.1. The van der Waals surface area contributed by atoms with Gasteiger partial charge in [-0.1, -0.05) is 0 Å². The van der Waals surface area contributed by atoms with Gasteiger partial charge in [-0.25, -0.2) is 0 Å². The SMILES string of the molecule is CC(C)(N)C(C)(C)C(=O)NCC1CSCCS1. The van der Waals surface area contributed by atoms with Gasteiger partial charge >= 0.3 is 0 Å². The molecule has 1 heterocycles. The van der Waals surface area contributed by atoms with E-state index in [4.69, 9.17) is 5.73 Å². The van der Waals surface area contributed by atoms with Gasteiger partial charge in [0.05, 0.1) is 5.41 Å². The molecule has 5 heteroatoms. The Morgan fingerprint density at radius 3 is 2.47 bits per heavy atom. The second kappa shape index (κ2) is 5.85. The summed E-state index contributed by atoms with van der Waals surface area (Å²) in [5.41, 5.74) is 5.00. The monoisotopic (exact) mass is 276 g/mol. The fourth-order valence-electron chi connectivity index (χ4n) is 1.37. The Bertz CT molecular complexity index is 268. The molecule has 1 atom stereocenters. The number of nitrogens with two attached hydrogens (primary N) is 1. The topological polar surface area (TPSA) is 55.1 Å². The van der Waals surface area contributed by atoms with Crippen LogP contribution in [-0.2, 0) is 4.79 Å². The van der Waals surface area contributed by atoms with Crippen LogP contribution >= 0.6 is 23.5 Å². The van der Waals surface area contributed by atoms with Crippen molar-refractivity contribution in [2.24, 2.45) is 11.1 Å². The van der Waals surface area contributed by atoms with Gasteiger partial charge in [0, 0.05) is 34.6 Å². The fourth-order valence-corrected chi connectivity index (χ4v) is 3.99. The van der Waals surface area contributed by atoms with E-state index in [0.29, 0.717) is 5.25 Å². The van der Waals surface area contributed by atoms with Crippen LogP contribution in [0.25, 0.3) is 0 Å². The zero-order chi connectivity index (χ0) is 13.1. The Morgan fingerprint density at radius 2 is 2.00 bits per heavy atom. The van der Waals surface area contributed by atoms with E-state index < -0.39 is 11.0 Å². The van der Waals surface area contributed by atoms with Crippen molar-refractivity contribution in [2.75, 3.05) is 23.8 Å². The van der Waals surface area contributed by atoms with E-state index in [1.54, 1.807) is 0 Å². The lowest BCUT2D eigenvalue weighted by Crippen LogP contribution is -2.56. The number of rotatable bonds is 4. The summed E-state index contributed by atoms with van der Waals surface area (Å²) < 4.78 is 0. The summed E-state index contributed by atoms with van der Waals surface area (Å²) >= 11 is 3.93. The Morgan fingerprint density at radius 1 is 1.35 bits per heavy atom. The molecule has 0 aliphatic carbocycles. The Balaban J connectivity index is 2.43. The van der Waals surface area contributed by atoms with Crippen molar-refractivity contribution in [3.8, 4) is 0 Å². The van der Waals surface area contributed by atoms with Crippen LogP contribution < -0.4 is 11.1 Å². The van der Waals surface area contributed by atoms with Gasteiger partial charge in [-0.15, -0.1) is 0 Å². The molecule has 1 aliphatic heterocycles. The summed E-state index contributed by atoms with van der Waals surface area (Å²) in [6.07, 6.45) is 0. The van der Waals surface area contributed by atoms with Crippen LogP contribution in [-0.4, -0.2) is 40.5 Å². The third-order valence-electron chi connectivity index (χ3n) is 3.55. The van der Waals surface area contributed by atoms with Gasteiger partial charge in [0.2, 0.25) is 5.91 Å². The highest BCUT2D eigenvalue weighted by Crippen LogP contribution is 2.29. The van der Waals surface area contributed by atoms with Crippen molar-refractivity contribution in [3.05, 3.63) is 0 Å². The largest absolute Gasteiger partial charge is 0.354 e. The minimum absolute atomic E-state index is 0.0566. The quantitative estimate of drug-likeness (QED) is 0.821. The second-order valence-corrected chi connectivity index (χ2v) is 8.18. The molecule has 1 unspecified atom stereocenters. The van der Waals surface area contributed by atoms with E-state index in [2.05, 4.69) is 5.32 Å². The van der Waals surface area contributed by atoms with Crippen LogP contribution in [0.1, 0.15) is 27.7 Å². The van der Waals surface area contributed by atoms with E-state index in [0.717, 1.165) is 12.3 Å². The summed E-state index contributed by atoms with van der Waals surface area (Å²) in [7, 11) is 0. The number of hydrogen-bond donors (Lipinski definition) is 2. The average Bonchev–Trinajstić information content (AvgIpc) is 2.25. The third-order valence-corrected chi connectivity index (χ3v) is 6.40. The summed E-state index contributed by atoms with van der Waals surface area (Å²) in [5, 5.41) is 3.60. The van der Waals surface area contributed by atoms with E-state index in [1.165, 1.54) is 11.5 Å². The van der Waals surface area contributed by atoms with Gasteiger partial charge < -0.3 is 11.1 Å².